The molecule has 1 atom stereocenters. The zero-order chi connectivity index (χ0) is 12.3. The molecule has 1 aromatic rings. The van der Waals surface area contributed by atoms with E-state index in [0.717, 1.165) is 28.6 Å². The molecule has 1 aromatic carbocycles. The minimum absolute atomic E-state index is 0.0632. The fourth-order valence-corrected chi connectivity index (χ4v) is 2.72. The number of ether oxygens (including phenoxy) is 2. The van der Waals surface area contributed by atoms with Gasteiger partial charge in [0.05, 0.1) is 0 Å². The summed E-state index contributed by atoms with van der Waals surface area (Å²) in [6.45, 7) is 4.76. The van der Waals surface area contributed by atoms with E-state index in [1.54, 1.807) is 0 Å². The van der Waals surface area contributed by atoms with Gasteiger partial charge in [-0.3, -0.25) is 0 Å². The Hall–Kier alpha value is -0.870. The van der Waals surface area contributed by atoms with Gasteiger partial charge in [0.2, 0.25) is 6.79 Å². The Balaban J connectivity index is 1.92. The maximum atomic E-state index is 6.16. The molecule has 2 rings (SSSR count). The van der Waals surface area contributed by atoms with E-state index in [9.17, 15) is 0 Å². The summed E-state index contributed by atoms with van der Waals surface area (Å²) in [5, 5.41) is 0. The van der Waals surface area contributed by atoms with Crippen molar-refractivity contribution < 1.29 is 9.47 Å². The maximum Gasteiger partial charge on any atom is 0.231 e. The molecular formula is C13H19NO2S. The third kappa shape index (κ3) is 3.30. The summed E-state index contributed by atoms with van der Waals surface area (Å²) in [6, 6.07) is 6.01. The molecule has 2 N–H and O–H groups in total. The van der Waals surface area contributed by atoms with E-state index in [1.807, 2.05) is 30.0 Å². The van der Waals surface area contributed by atoms with Crippen molar-refractivity contribution in [1.29, 1.82) is 0 Å². The zero-order valence-electron chi connectivity index (χ0n) is 10.3. The van der Waals surface area contributed by atoms with Crippen LogP contribution in [0, 0.1) is 5.92 Å². The van der Waals surface area contributed by atoms with E-state index < -0.39 is 0 Å². The standard InChI is InChI=1S/C13H19NO2S/c1-9(2)6-17-7-11(14)10-3-4-12-13(5-10)16-8-15-12/h3-5,9,11H,6-8,14H2,1-2H3. The molecular weight excluding hydrogens is 234 g/mol. The van der Waals surface area contributed by atoms with Crippen LogP contribution in [0.4, 0.5) is 0 Å². The van der Waals surface area contributed by atoms with E-state index >= 15 is 0 Å². The van der Waals surface area contributed by atoms with Crippen LogP contribution < -0.4 is 15.2 Å². The molecule has 0 saturated heterocycles. The lowest BCUT2D eigenvalue weighted by atomic mass is 10.1. The van der Waals surface area contributed by atoms with Gasteiger partial charge >= 0.3 is 0 Å². The van der Waals surface area contributed by atoms with Crippen molar-refractivity contribution in [2.75, 3.05) is 18.3 Å². The predicted octanol–water partition coefficient (Wildman–Crippen LogP) is 2.80. The van der Waals surface area contributed by atoms with Crippen LogP contribution in [-0.4, -0.2) is 18.3 Å². The van der Waals surface area contributed by atoms with Gasteiger partial charge in [0.25, 0.3) is 0 Å². The number of rotatable bonds is 5. The molecule has 0 aromatic heterocycles. The summed E-state index contributed by atoms with van der Waals surface area (Å²) in [4.78, 5) is 0. The van der Waals surface area contributed by atoms with Gasteiger partial charge < -0.3 is 15.2 Å². The van der Waals surface area contributed by atoms with E-state index in [2.05, 4.69) is 13.8 Å². The summed E-state index contributed by atoms with van der Waals surface area (Å²) >= 11 is 1.90. The first-order valence-electron chi connectivity index (χ1n) is 5.89. The Labute approximate surface area is 107 Å². The highest BCUT2D eigenvalue weighted by Crippen LogP contribution is 2.34. The molecule has 0 aliphatic carbocycles. The third-order valence-electron chi connectivity index (χ3n) is 2.57. The molecule has 0 radical (unpaired) electrons. The molecule has 1 unspecified atom stereocenters. The Bertz CT molecular complexity index is 382. The van der Waals surface area contributed by atoms with Gasteiger partial charge in [-0.25, -0.2) is 0 Å². The number of benzene rings is 1. The topological polar surface area (TPSA) is 44.5 Å². The minimum atomic E-state index is 0.0632. The molecule has 0 fully saturated rings. The lowest BCUT2D eigenvalue weighted by Crippen LogP contribution is -2.13. The third-order valence-corrected chi connectivity index (χ3v) is 4.07. The molecule has 0 saturated carbocycles. The van der Waals surface area contributed by atoms with Gasteiger partial charge in [-0.05, 0) is 29.4 Å². The molecule has 94 valence electrons. The molecule has 3 nitrogen and oxygen atoms in total. The summed E-state index contributed by atoms with van der Waals surface area (Å²) in [5.41, 5.74) is 7.27. The first-order valence-corrected chi connectivity index (χ1v) is 7.05. The largest absolute Gasteiger partial charge is 0.454 e. The Kier molecular flexibility index (Phi) is 4.18. The summed E-state index contributed by atoms with van der Waals surface area (Å²) in [7, 11) is 0. The molecule has 1 aliphatic heterocycles. The summed E-state index contributed by atoms with van der Waals surface area (Å²) in [6.07, 6.45) is 0. The molecule has 1 aliphatic rings. The number of fused-ring (bicyclic) bond motifs is 1. The summed E-state index contributed by atoms with van der Waals surface area (Å²) < 4.78 is 10.6. The van der Waals surface area contributed by atoms with Crippen LogP contribution in [0.1, 0.15) is 25.5 Å². The van der Waals surface area contributed by atoms with E-state index in [-0.39, 0.29) is 6.04 Å². The minimum Gasteiger partial charge on any atom is -0.454 e. The highest BCUT2D eigenvalue weighted by molar-refractivity contribution is 7.99. The van der Waals surface area contributed by atoms with Crippen LogP contribution in [0.3, 0.4) is 0 Å². The average Bonchev–Trinajstić information content (AvgIpc) is 2.75. The second-order valence-corrected chi connectivity index (χ2v) is 5.73. The van der Waals surface area contributed by atoms with Gasteiger partial charge in [-0.2, -0.15) is 11.8 Å². The van der Waals surface area contributed by atoms with E-state index in [4.69, 9.17) is 15.2 Å². The quantitative estimate of drug-likeness (QED) is 0.876. The Morgan fingerprint density at radius 2 is 2.00 bits per heavy atom. The molecule has 0 spiro atoms. The second kappa shape index (κ2) is 5.65. The van der Waals surface area contributed by atoms with E-state index in [0.29, 0.717) is 12.7 Å². The smallest absolute Gasteiger partial charge is 0.231 e. The first-order chi connectivity index (χ1) is 8.16. The molecule has 4 heteroatoms. The lowest BCUT2D eigenvalue weighted by molar-refractivity contribution is 0.174. The summed E-state index contributed by atoms with van der Waals surface area (Å²) in [5.74, 6) is 4.43. The van der Waals surface area contributed by atoms with Gasteiger partial charge in [-0.15, -0.1) is 0 Å². The number of hydrogen-bond acceptors (Lipinski definition) is 4. The average molecular weight is 253 g/mol. The molecule has 0 bridgehead atoms. The first kappa shape index (κ1) is 12.6. The van der Waals surface area contributed by atoms with Crippen molar-refractivity contribution in [2.45, 2.75) is 19.9 Å². The van der Waals surface area contributed by atoms with E-state index in [1.165, 1.54) is 0 Å². The van der Waals surface area contributed by atoms with Crippen LogP contribution in [0.15, 0.2) is 18.2 Å². The van der Waals surface area contributed by atoms with Crippen LogP contribution in [0.25, 0.3) is 0 Å². The molecule has 17 heavy (non-hydrogen) atoms. The Morgan fingerprint density at radius 3 is 2.76 bits per heavy atom. The molecule has 0 amide bonds. The van der Waals surface area contributed by atoms with Crippen LogP contribution in [-0.2, 0) is 0 Å². The van der Waals surface area contributed by atoms with Crippen LogP contribution >= 0.6 is 11.8 Å². The van der Waals surface area contributed by atoms with Crippen molar-refractivity contribution in [3.63, 3.8) is 0 Å². The number of thioether (sulfide) groups is 1. The highest BCUT2D eigenvalue weighted by Gasteiger charge is 2.15. The van der Waals surface area contributed by atoms with Crippen molar-refractivity contribution in [3.05, 3.63) is 23.8 Å². The van der Waals surface area contributed by atoms with Crippen LogP contribution in [0.5, 0.6) is 11.5 Å². The zero-order valence-corrected chi connectivity index (χ0v) is 11.1. The fourth-order valence-electron chi connectivity index (χ4n) is 1.67. The maximum absolute atomic E-state index is 6.16. The van der Waals surface area contributed by atoms with Gasteiger partial charge in [0.1, 0.15) is 0 Å². The fraction of sp³-hybridized carbons (Fsp3) is 0.538. The highest BCUT2D eigenvalue weighted by atomic mass is 32.2. The molecule has 1 heterocycles. The van der Waals surface area contributed by atoms with Crippen molar-refractivity contribution in [2.24, 2.45) is 11.7 Å². The Morgan fingerprint density at radius 1 is 1.24 bits per heavy atom. The van der Waals surface area contributed by atoms with Gasteiger partial charge in [-0.1, -0.05) is 19.9 Å². The van der Waals surface area contributed by atoms with Crippen molar-refractivity contribution in [3.8, 4) is 11.5 Å². The van der Waals surface area contributed by atoms with Crippen molar-refractivity contribution in [1.82, 2.24) is 0 Å². The number of hydrogen-bond donors (Lipinski definition) is 1. The van der Waals surface area contributed by atoms with Gasteiger partial charge in [0.15, 0.2) is 11.5 Å². The normalized spacial score (nSPS) is 15.3. The SMILES string of the molecule is CC(C)CSCC(N)c1ccc2c(c1)OCO2. The second-order valence-electron chi connectivity index (χ2n) is 4.65. The number of nitrogens with two attached hydrogens (primary N) is 1. The van der Waals surface area contributed by atoms with Crippen LogP contribution in [0.2, 0.25) is 0 Å². The van der Waals surface area contributed by atoms with Gasteiger partial charge in [0, 0.05) is 11.8 Å². The monoisotopic (exact) mass is 253 g/mol. The lowest BCUT2D eigenvalue weighted by Gasteiger charge is -2.13. The predicted molar refractivity (Wildman–Crippen MR) is 71.7 cm³/mol. The van der Waals surface area contributed by atoms with Crippen molar-refractivity contribution >= 4 is 11.8 Å².